The SMILES string of the molecule is N=C(N)c1cn[nH]c1NS(=O)(=O)N1CCCC1. The Kier molecular flexibility index (Phi) is 3.03. The molecule has 1 aliphatic rings. The second kappa shape index (κ2) is 4.34. The van der Waals surface area contributed by atoms with Crippen LogP contribution in [0.25, 0.3) is 0 Å². The molecule has 0 saturated carbocycles. The predicted molar refractivity (Wildman–Crippen MR) is 63.0 cm³/mol. The van der Waals surface area contributed by atoms with Gasteiger partial charge in [0.25, 0.3) is 0 Å². The van der Waals surface area contributed by atoms with Gasteiger partial charge >= 0.3 is 10.2 Å². The molecule has 0 aliphatic carbocycles. The van der Waals surface area contributed by atoms with Crippen molar-refractivity contribution in [1.82, 2.24) is 14.5 Å². The zero-order valence-electron chi connectivity index (χ0n) is 9.10. The minimum Gasteiger partial charge on any atom is -0.384 e. The maximum atomic E-state index is 11.9. The Balaban J connectivity index is 2.20. The summed E-state index contributed by atoms with van der Waals surface area (Å²) in [5.41, 5.74) is 5.55. The molecule has 2 rings (SSSR count). The number of aromatic nitrogens is 2. The van der Waals surface area contributed by atoms with Gasteiger partial charge in [0.05, 0.1) is 11.8 Å². The molecular formula is C8H14N6O2S. The van der Waals surface area contributed by atoms with Gasteiger partial charge in [-0.2, -0.15) is 17.8 Å². The first-order chi connectivity index (χ1) is 8.00. The number of H-pyrrole nitrogens is 1. The number of hydrogen-bond donors (Lipinski definition) is 4. The zero-order chi connectivity index (χ0) is 12.5. The van der Waals surface area contributed by atoms with E-state index in [9.17, 15) is 8.42 Å². The minimum absolute atomic E-state index is 0.129. The van der Waals surface area contributed by atoms with Crippen LogP contribution in [0.3, 0.4) is 0 Å². The van der Waals surface area contributed by atoms with Crippen molar-refractivity contribution in [2.45, 2.75) is 12.8 Å². The van der Waals surface area contributed by atoms with E-state index in [-0.39, 0.29) is 17.2 Å². The Hall–Kier alpha value is -1.61. The number of nitrogens with one attached hydrogen (secondary N) is 3. The van der Waals surface area contributed by atoms with Gasteiger partial charge in [-0.05, 0) is 12.8 Å². The van der Waals surface area contributed by atoms with Crippen molar-refractivity contribution >= 4 is 21.9 Å². The molecule has 1 aromatic heterocycles. The van der Waals surface area contributed by atoms with Gasteiger partial charge in [-0.1, -0.05) is 0 Å². The third-order valence-corrected chi connectivity index (χ3v) is 4.07. The summed E-state index contributed by atoms with van der Waals surface area (Å²) in [6, 6.07) is 0. The molecule has 0 radical (unpaired) electrons. The molecule has 1 fully saturated rings. The van der Waals surface area contributed by atoms with Crippen molar-refractivity contribution in [1.29, 1.82) is 5.41 Å². The Labute approximate surface area is 98.9 Å². The van der Waals surface area contributed by atoms with Crippen LogP contribution < -0.4 is 10.5 Å². The molecule has 0 atom stereocenters. The Morgan fingerprint density at radius 2 is 2.18 bits per heavy atom. The number of aromatic amines is 1. The fourth-order valence-electron chi connectivity index (χ4n) is 1.69. The lowest BCUT2D eigenvalue weighted by molar-refractivity contribution is 0.482. The number of nitrogens with zero attached hydrogens (tertiary/aromatic N) is 2. The summed E-state index contributed by atoms with van der Waals surface area (Å²) >= 11 is 0. The maximum Gasteiger partial charge on any atom is 0.302 e. The molecule has 1 saturated heterocycles. The van der Waals surface area contributed by atoms with E-state index >= 15 is 0 Å². The zero-order valence-corrected chi connectivity index (χ0v) is 9.92. The highest BCUT2D eigenvalue weighted by atomic mass is 32.2. The van der Waals surface area contributed by atoms with E-state index < -0.39 is 10.2 Å². The first-order valence-corrected chi connectivity index (χ1v) is 6.60. The summed E-state index contributed by atoms with van der Waals surface area (Å²) in [7, 11) is -3.58. The van der Waals surface area contributed by atoms with Crippen molar-refractivity contribution in [3.05, 3.63) is 11.8 Å². The fraction of sp³-hybridized carbons (Fsp3) is 0.500. The fourth-order valence-corrected chi connectivity index (χ4v) is 2.97. The van der Waals surface area contributed by atoms with E-state index in [1.807, 2.05) is 0 Å². The molecule has 94 valence electrons. The maximum absolute atomic E-state index is 11.9. The molecule has 5 N–H and O–H groups in total. The quantitative estimate of drug-likeness (QED) is 0.426. The number of hydrogen-bond acceptors (Lipinski definition) is 4. The lowest BCUT2D eigenvalue weighted by Crippen LogP contribution is -2.34. The van der Waals surface area contributed by atoms with E-state index in [0.717, 1.165) is 12.8 Å². The highest BCUT2D eigenvalue weighted by molar-refractivity contribution is 7.90. The summed E-state index contributed by atoms with van der Waals surface area (Å²) in [5.74, 6) is -0.109. The van der Waals surface area contributed by atoms with Crippen LogP contribution in [0, 0.1) is 5.41 Å². The predicted octanol–water partition coefficient (Wildman–Crippen LogP) is -0.554. The summed E-state index contributed by atoms with van der Waals surface area (Å²) in [6.07, 6.45) is 3.04. The lowest BCUT2D eigenvalue weighted by atomic mass is 10.3. The number of nitrogens with two attached hydrogens (primary N) is 1. The van der Waals surface area contributed by atoms with E-state index in [4.69, 9.17) is 11.1 Å². The minimum atomic E-state index is -3.58. The van der Waals surface area contributed by atoms with Crippen molar-refractivity contribution in [3.8, 4) is 0 Å². The smallest absolute Gasteiger partial charge is 0.302 e. The summed E-state index contributed by atoms with van der Waals surface area (Å²) in [6.45, 7) is 1.03. The molecule has 8 nitrogen and oxygen atoms in total. The van der Waals surface area contributed by atoms with Crippen LogP contribution >= 0.6 is 0 Å². The topological polar surface area (TPSA) is 128 Å². The number of amidine groups is 1. The Bertz CT molecular complexity index is 516. The van der Waals surface area contributed by atoms with Gasteiger partial charge in [-0.15, -0.1) is 0 Å². The first kappa shape index (κ1) is 11.9. The van der Waals surface area contributed by atoms with Crippen LogP contribution in [0.5, 0.6) is 0 Å². The Morgan fingerprint density at radius 1 is 1.53 bits per heavy atom. The molecule has 0 bridgehead atoms. The van der Waals surface area contributed by atoms with Crippen LogP contribution in [-0.4, -0.2) is 41.8 Å². The summed E-state index contributed by atoms with van der Waals surface area (Å²) in [4.78, 5) is 0. The molecule has 1 aromatic rings. The van der Waals surface area contributed by atoms with Gasteiger partial charge in [-0.25, -0.2) is 0 Å². The van der Waals surface area contributed by atoms with Crippen LogP contribution in [-0.2, 0) is 10.2 Å². The third kappa shape index (κ3) is 2.39. The molecule has 0 spiro atoms. The molecule has 1 aliphatic heterocycles. The molecule has 0 aromatic carbocycles. The second-order valence-corrected chi connectivity index (χ2v) is 5.46. The van der Waals surface area contributed by atoms with Gasteiger partial charge in [0.15, 0.2) is 0 Å². The molecule has 17 heavy (non-hydrogen) atoms. The monoisotopic (exact) mass is 258 g/mol. The van der Waals surface area contributed by atoms with E-state index in [2.05, 4.69) is 14.9 Å². The van der Waals surface area contributed by atoms with E-state index in [1.165, 1.54) is 10.5 Å². The summed E-state index contributed by atoms with van der Waals surface area (Å²) in [5, 5.41) is 13.4. The van der Waals surface area contributed by atoms with Crippen molar-refractivity contribution in [2.24, 2.45) is 5.73 Å². The van der Waals surface area contributed by atoms with Gasteiger partial charge in [0, 0.05) is 13.1 Å². The largest absolute Gasteiger partial charge is 0.384 e. The molecular weight excluding hydrogens is 244 g/mol. The van der Waals surface area contributed by atoms with Crippen LogP contribution in [0.15, 0.2) is 6.20 Å². The van der Waals surface area contributed by atoms with Gasteiger partial charge < -0.3 is 5.73 Å². The molecule has 2 heterocycles. The van der Waals surface area contributed by atoms with Gasteiger partial charge in [0.1, 0.15) is 11.7 Å². The van der Waals surface area contributed by atoms with Gasteiger partial charge in [-0.3, -0.25) is 15.2 Å². The highest BCUT2D eigenvalue weighted by Crippen LogP contribution is 2.17. The number of anilines is 1. The average Bonchev–Trinajstić information content (AvgIpc) is 2.85. The second-order valence-electron chi connectivity index (χ2n) is 3.79. The first-order valence-electron chi connectivity index (χ1n) is 5.16. The Morgan fingerprint density at radius 3 is 2.76 bits per heavy atom. The number of nitrogen functional groups attached to an aromatic ring is 1. The molecule has 0 amide bonds. The van der Waals surface area contributed by atoms with E-state index in [0.29, 0.717) is 13.1 Å². The molecule has 9 heteroatoms. The summed E-state index contributed by atoms with van der Waals surface area (Å²) < 4.78 is 27.6. The van der Waals surface area contributed by atoms with Crippen molar-refractivity contribution in [2.75, 3.05) is 17.8 Å². The van der Waals surface area contributed by atoms with Gasteiger partial charge in [0.2, 0.25) is 0 Å². The van der Waals surface area contributed by atoms with Crippen LogP contribution in [0.2, 0.25) is 0 Å². The molecule has 0 unspecified atom stereocenters. The highest BCUT2D eigenvalue weighted by Gasteiger charge is 2.26. The average molecular weight is 258 g/mol. The van der Waals surface area contributed by atoms with Crippen molar-refractivity contribution < 1.29 is 8.42 Å². The number of rotatable bonds is 4. The standard InChI is InChI=1S/C8H14N6O2S/c9-7(10)6-5-11-12-8(6)13-17(15,16)14-3-1-2-4-14/h5H,1-4H2,(H3,9,10)(H2,11,12,13). The van der Waals surface area contributed by atoms with Crippen LogP contribution in [0.4, 0.5) is 5.82 Å². The van der Waals surface area contributed by atoms with Crippen LogP contribution in [0.1, 0.15) is 18.4 Å². The normalized spacial score (nSPS) is 17.2. The van der Waals surface area contributed by atoms with E-state index in [1.54, 1.807) is 0 Å². The van der Waals surface area contributed by atoms with Crippen molar-refractivity contribution in [3.63, 3.8) is 0 Å². The third-order valence-electron chi connectivity index (χ3n) is 2.57. The lowest BCUT2D eigenvalue weighted by Gasteiger charge is -2.16.